The summed E-state index contributed by atoms with van der Waals surface area (Å²) in [5.41, 5.74) is 6.44. The molecule has 2 unspecified atom stereocenters. The number of aryl methyl sites for hydroxylation is 1. The van der Waals surface area contributed by atoms with Crippen molar-refractivity contribution in [3.63, 3.8) is 0 Å². The van der Waals surface area contributed by atoms with Gasteiger partial charge in [-0.2, -0.15) is 4.31 Å². The van der Waals surface area contributed by atoms with Crippen LogP contribution in [0, 0.1) is 12.8 Å². The first-order valence-corrected chi connectivity index (χ1v) is 10.4. The van der Waals surface area contributed by atoms with E-state index in [0.717, 1.165) is 10.9 Å². The maximum absolute atomic E-state index is 13.4. The molecule has 1 aromatic heterocycles. The number of benzene rings is 1. The SMILES string of the molecule is Cc1cnc(S(=O)(=O)N2CCCC(C(=O)CN)CC2C)c2ccccc12. The van der Waals surface area contributed by atoms with Gasteiger partial charge in [0.2, 0.25) is 0 Å². The molecule has 0 saturated carbocycles. The quantitative estimate of drug-likeness (QED) is 0.885. The van der Waals surface area contributed by atoms with E-state index in [1.165, 1.54) is 4.31 Å². The molecule has 140 valence electrons. The van der Waals surface area contributed by atoms with E-state index in [1.54, 1.807) is 12.3 Å². The van der Waals surface area contributed by atoms with Crippen LogP contribution in [-0.2, 0) is 14.8 Å². The van der Waals surface area contributed by atoms with E-state index in [4.69, 9.17) is 5.73 Å². The summed E-state index contributed by atoms with van der Waals surface area (Å²) >= 11 is 0. The van der Waals surface area contributed by atoms with Gasteiger partial charge in [0.15, 0.2) is 5.03 Å². The van der Waals surface area contributed by atoms with Gasteiger partial charge in [0.25, 0.3) is 10.0 Å². The van der Waals surface area contributed by atoms with Crippen LogP contribution in [0.4, 0.5) is 0 Å². The Morgan fingerprint density at radius 3 is 2.69 bits per heavy atom. The molecule has 0 radical (unpaired) electrons. The summed E-state index contributed by atoms with van der Waals surface area (Å²) < 4.78 is 28.3. The smallest absolute Gasteiger partial charge is 0.261 e. The predicted octanol–water partition coefficient (Wildman–Crippen LogP) is 2.25. The Balaban J connectivity index is 2.01. The largest absolute Gasteiger partial charge is 0.324 e. The predicted molar refractivity (Wildman–Crippen MR) is 101 cm³/mol. The zero-order chi connectivity index (χ0) is 18.9. The number of pyridine rings is 1. The van der Waals surface area contributed by atoms with Crippen LogP contribution in [0.5, 0.6) is 0 Å². The molecule has 0 amide bonds. The van der Waals surface area contributed by atoms with E-state index in [2.05, 4.69) is 4.98 Å². The fraction of sp³-hybridized carbons (Fsp3) is 0.474. The number of aromatic nitrogens is 1. The lowest BCUT2D eigenvalue weighted by Gasteiger charge is -2.27. The van der Waals surface area contributed by atoms with Crippen LogP contribution in [0.15, 0.2) is 35.5 Å². The molecule has 0 bridgehead atoms. The number of nitrogens with two attached hydrogens (primary N) is 1. The molecule has 3 rings (SSSR count). The number of fused-ring (bicyclic) bond motifs is 1. The molecule has 2 N–H and O–H groups in total. The zero-order valence-electron chi connectivity index (χ0n) is 15.2. The van der Waals surface area contributed by atoms with Crippen molar-refractivity contribution in [2.75, 3.05) is 13.1 Å². The minimum absolute atomic E-state index is 0.00823. The fourth-order valence-electron chi connectivity index (χ4n) is 3.80. The van der Waals surface area contributed by atoms with Gasteiger partial charge < -0.3 is 5.73 Å². The van der Waals surface area contributed by atoms with Gasteiger partial charge in [-0.1, -0.05) is 24.3 Å². The van der Waals surface area contributed by atoms with Gasteiger partial charge in [0.05, 0.1) is 6.54 Å². The van der Waals surface area contributed by atoms with Gasteiger partial charge in [-0.25, -0.2) is 13.4 Å². The molecule has 1 fully saturated rings. The van der Waals surface area contributed by atoms with Gasteiger partial charge in [-0.3, -0.25) is 4.79 Å². The molecule has 2 aromatic rings. The van der Waals surface area contributed by atoms with Crippen molar-refractivity contribution in [1.82, 2.24) is 9.29 Å². The zero-order valence-corrected chi connectivity index (χ0v) is 16.0. The number of carbonyl (C=O) groups is 1. The molecule has 1 aliphatic rings. The number of rotatable bonds is 4. The first-order valence-electron chi connectivity index (χ1n) is 8.95. The molecule has 2 heterocycles. The summed E-state index contributed by atoms with van der Waals surface area (Å²) in [6.45, 7) is 4.18. The van der Waals surface area contributed by atoms with Gasteiger partial charge in [0, 0.05) is 30.1 Å². The monoisotopic (exact) mass is 375 g/mol. The lowest BCUT2D eigenvalue weighted by Crippen LogP contribution is -2.39. The van der Waals surface area contributed by atoms with Crippen LogP contribution in [0.1, 0.15) is 31.7 Å². The third-order valence-electron chi connectivity index (χ3n) is 5.22. The third-order valence-corrected chi connectivity index (χ3v) is 7.19. The molecule has 7 heteroatoms. The van der Waals surface area contributed by atoms with Crippen LogP contribution in [0.2, 0.25) is 0 Å². The molecule has 0 aliphatic carbocycles. The first kappa shape index (κ1) is 18.9. The number of ketones is 1. The number of hydrogen-bond acceptors (Lipinski definition) is 5. The van der Waals surface area contributed by atoms with E-state index >= 15 is 0 Å². The average molecular weight is 375 g/mol. The minimum atomic E-state index is -3.75. The summed E-state index contributed by atoms with van der Waals surface area (Å²) in [5.74, 6) is -0.159. The molecular formula is C19H25N3O3S. The Morgan fingerprint density at radius 1 is 1.31 bits per heavy atom. The van der Waals surface area contributed by atoms with E-state index < -0.39 is 10.0 Å². The average Bonchev–Trinajstić information content (AvgIpc) is 2.83. The Labute approximate surface area is 154 Å². The van der Waals surface area contributed by atoms with Crippen LogP contribution >= 0.6 is 0 Å². The van der Waals surface area contributed by atoms with Crippen LogP contribution < -0.4 is 5.73 Å². The Kier molecular flexibility index (Phi) is 5.41. The fourth-order valence-corrected chi connectivity index (χ4v) is 5.60. The second-order valence-corrected chi connectivity index (χ2v) is 8.81. The van der Waals surface area contributed by atoms with E-state index in [1.807, 2.05) is 32.0 Å². The minimum Gasteiger partial charge on any atom is -0.324 e. The lowest BCUT2D eigenvalue weighted by atomic mass is 9.93. The highest BCUT2D eigenvalue weighted by Crippen LogP contribution is 2.31. The van der Waals surface area contributed by atoms with Crippen LogP contribution in [-0.4, -0.2) is 42.6 Å². The van der Waals surface area contributed by atoms with Crippen LogP contribution in [0.3, 0.4) is 0 Å². The maximum Gasteiger partial charge on any atom is 0.261 e. The van der Waals surface area contributed by atoms with Crippen molar-refractivity contribution in [1.29, 1.82) is 0 Å². The number of hydrogen-bond donors (Lipinski definition) is 1. The highest BCUT2D eigenvalue weighted by Gasteiger charge is 2.35. The Bertz CT molecular complexity index is 927. The molecule has 26 heavy (non-hydrogen) atoms. The van der Waals surface area contributed by atoms with Gasteiger partial charge in [-0.05, 0) is 44.1 Å². The number of nitrogens with zero attached hydrogens (tertiary/aromatic N) is 2. The second kappa shape index (κ2) is 7.42. The van der Waals surface area contributed by atoms with Crippen molar-refractivity contribution >= 4 is 26.6 Å². The van der Waals surface area contributed by atoms with Crippen LogP contribution in [0.25, 0.3) is 10.8 Å². The second-order valence-electron chi connectivity index (χ2n) is 7.00. The molecule has 1 saturated heterocycles. The molecule has 6 nitrogen and oxygen atoms in total. The van der Waals surface area contributed by atoms with E-state index in [0.29, 0.717) is 31.2 Å². The summed E-state index contributed by atoms with van der Waals surface area (Å²) in [5, 5.41) is 1.62. The summed E-state index contributed by atoms with van der Waals surface area (Å²) in [7, 11) is -3.75. The third kappa shape index (κ3) is 3.39. The lowest BCUT2D eigenvalue weighted by molar-refractivity contribution is -0.122. The van der Waals surface area contributed by atoms with Crippen molar-refractivity contribution in [3.8, 4) is 0 Å². The van der Waals surface area contributed by atoms with Crippen molar-refractivity contribution < 1.29 is 13.2 Å². The maximum atomic E-state index is 13.4. The molecule has 2 atom stereocenters. The normalized spacial score (nSPS) is 22.3. The molecular weight excluding hydrogens is 350 g/mol. The summed E-state index contributed by atoms with van der Waals surface area (Å²) in [4.78, 5) is 16.3. The van der Waals surface area contributed by atoms with Crippen molar-refractivity contribution in [3.05, 3.63) is 36.0 Å². The van der Waals surface area contributed by atoms with Crippen molar-refractivity contribution in [2.45, 2.75) is 44.2 Å². The number of carbonyl (C=O) groups excluding carboxylic acids is 1. The van der Waals surface area contributed by atoms with Crippen molar-refractivity contribution in [2.24, 2.45) is 11.7 Å². The Hall–Kier alpha value is -1.83. The highest BCUT2D eigenvalue weighted by molar-refractivity contribution is 7.89. The number of sulfonamides is 1. The topological polar surface area (TPSA) is 93.4 Å². The van der Waals surface area contributed by atoms with Gasteiger partial charge in [-0.15, -0.1) is 0 Å². The Morgan fingerprint density at radius 2 is 2.00 bits per heavy atom. The molecule has 0 spiro atoms. The summed E-state index contributed by atoms with van der Waals surface area (Å²) in [6, 6.07) is 7.15. The highest BCUT2D eigenvalue weighted by atomic mass is 32.2. The van der Waals surface area contributed by atoms with E-state index in [-0.39, 0.29) is 29.3 Å². The summed E-state index contributed by atoms with van der Waals surface area (Å²) in [6.07, 6.45) is 3.43. The standard InChI is InChI=1S/C19H25N3O3S/c1-13-12-21-19(17-8-4-3-7-16(13)17)26(24,25)22-9-5-6-15(10-14(22)2)18(23)11-20/h3-4,7-8,12,14-15H,5-6,9-11,20H2,1-2H3. The van der Waals surface area contributed by atoms with Gasteiger partial charge >= 0.3 is 0 Å². The number of Topliss-reactive ketones (excluding diaryl/α,β-unsaturated/α-hetero) is 1. The van der Waals surface area contributed by atoms with Gasteiger partial charge in [0.1, 0.15) is 5.78 Å². The first-order chi connectivity index (χ1) is 12.4. The van der Waals surface area contributed by atoms with E-state index in [9.17, 15) is 13.2 Å². The molecule has 1 aliphatic heterocycles. The molecule has 1 aromatic carbocycles.